The summed E-state index contributed by atoms with van der Waals surface area (Å²) in [5, 5.41) is 11.5. The second-order valence-electron chi connectivity index (χ2n) is 6.59. The molecule has 0 saturated carbocycles. The van der Waals surface area contributed by atoms with Crippen molar-refractivity contribution in [2.75, 3.05) is 0 Å². The Balaban J connectivity index is 1.73. The van der Waals surface area contributed by atoms with Gasteiger partial charge in [-0.1, -0.05) is 6.07 Å². The normalized spacial score (nSPS) is 10.8. The molecular formula is C21H19NO6. The fourth-order valence-electron chi connectivity index (χ4n) is 2.87. The Morgan fingerprint density at radius 1 is 1.11 bits per heavy atom. The van der Waals surface area contributed by atoms with E-state index >= 15 is 0 Å². The Morgan fingerprint density at radius 2 is 1.79 bits per heavy atom. The first-order valence-electron chi connectivity index (χ1n) is 8.77. The highest BCUT2D eigenvalue weighted by molar-refractivity contribution is 5.96. The number of ketones is 1. The smallest absolute Gasteiger partial charge is 0.374 e. The van der Waals surface area contributed by atoms with Crippen LogP contribution in [-0.4, -0.2) is 16.7 Å². The molecule has 2 aromatic carbocycles. The number of nitro groups is 1. The predicted octanol–water partition coefficient (Wildman–Crippen LogP) is 4.53. The quantitative estimate of drug-likeness (QED) is 0.339. The van der Waals surface area contributed by atoms with Crippen molar-refractivity contribution in [2.24, 2.45) is 0 Å². The third-order valence-electron chi connectivity index (χ3n) is 4.47. The third-order valence-corrected chi connectivity index (χ3v) is 4.47. The Labute approximate surface area is 161 Å². The number of aryl methyl sites for hydroxylation is 2. The topological polar surface area (TPSA) is 99.7 Å². The highest BCUT2D eigenvalue weighted by Crippen LogP contribution is 2.27. The van der Waals surface area contributed by atoms with E-state index in [4.69, 9.17) is 9.15 Å². The molecule has 0 spiro atoms. The maximum atomic E-state index is 12.4. The summed E-state index contributed by atoms with van der Waals surface area (Å²) >= 11 is 0. The number of nitrogens with zero attached hydrogens (tertiary/aromatic N) is 1. The van der Waals surface area contributed by atoms with Gasteiger partial charge in [0.15, 0.2) is 0 Å². The molecule has 0 unspecified atom stereocenters. The number of ether oxygens (including phenoxy) is 1. The lowest BCUT2D eigenvalue weighted by molar-refractivity contribution is -0.384. The molecule has 3 aromatic rings. The van der Waals surface area contributed by atoms with Gasteiger partial charge in [0, 0.05) is 29.5 Å². The van der Waals surface area contributed by atoms with Crippen LogP contribution in [0.15, 0.2) is 46.9 Å². The first-order valence-corrected chi connectivity index (χ1v) is 8.77. The van der Waals surface area contributed by atoms with E-state index < -0.39 is 10.9 Å². The molecule has 0 bridgehead atoms. The lowest BCUT2D eigenvalue weighted by atomic mass is 10.0. The summed E-state index contributed by atoms with van der Waals surface area (Å²) in [5.74, 6) is -0.350. The van der Waals surface area contributed by atoms with Crippen LogP contribution in [0.3, 0.4) is 0 Å². The lowest BCUT2D eigenvalue weighted by Gasteiger charge is -2.03. The molecule has 0 fully saturated rings. The number of Topliss-reactive ketones (excluding diaryl/α,β-unsaturated/α-hetero) is 1. The zero-order valence-electron chi connectivity index (χ0n) is 15.6. The molecule has 7 nitrogen and oxygen atoms in total. The van der Waals surface area contributed by atoms with Crippen molar-refractivity contribution < 1.29 is 23.7 Å². The van der Waals surface area contributed by atoms with E-state index in [-0.39, 0.29) is 23.8 Å². The summed E-state index contributed by atoms with van der Waals surface area (Å²) in [6.07, 6.45) is 1.10. The van der Waals surface area contributed by atoms with Crippen molar-refractivity contribution >= 4 is 28.4 Å². The van der Waals surface area contributed by atoms with Gasteiger partial charge in [-0.3, -0.25) is 10.1 Å². The molecule has 7 heteroatoms. The summed E-state index contributed by atoms with van der Waals surface area (Å²) in [6, 6.07) is 11.4. The number of carbonyl (C=O) groups is 2. The number of benzene rings is 2. The number of non-ortho nitro benzene ring substituents is 1. The summed E-state index contributed by atoms with van der Waals surface area (Å²) in [6.45, 7) is 3.32. The zero-order valence-corrected chi connectivity index (χ0v) is 15.6. The molecule has 0 aliphatic rings. The second kappa shape index (κ2) is 8.04. The van der Waals surface area contributed by atoms with E-state index in [2.05, 4.69) is 0 Å². The van der Waals surface area contributed by atoms with Crippen LogP contribution in [-0.2, 0) is 22.6 Å². The van der Waals surface area contributed by atoms with Gasteiger partial charge in [-0.15, -0.1) is 0 Å². The molecule has 1 heterocycles. The number of rotatable bonds is 7. The fraction of sp³-hybridized carbons (Fsp3) is 0.238. The summed E-state index contributed by atoms with van der Waals surface area (Å²) < 4.78 is 10.9. The first-order chi connectivity index (χ1) is 13.3. The monoisotopic (exact) mass is 381 g/mol. The minimum atomic E-state index is -0.600. The Hall–Kier alpha value is -3.48. The number of furan rings is 1. The minimum Gasteiger partial charge on any atom is -0.455 e. The van der Waals surface area contributed by atoms with Crippen molar-refractivity contribution in [1.29, 1.82) is 0 Å². The number of hydrogen-bond donors (Lipinski definition) is 0. The molecule has 28 heavy (non-hydrogen) atoms. The minimum absolute atomic E-state index is 0.0167. The van der Waals surface area contributed by atoms with E-state index in [0.29, 0.717) is 29.6 Å². The van der Waals surface area contributed by atoms with Crippen LogP contribution < -0.4 is 0 Å². The van der Waals surface area contributed by atoms with E-state index in [1.54, 1.807) is 19.9 Å². The number of hydrogen-bond acceptors (Lipinski definition) is 6. The largest absolute Gasteiger partial charge is 0.455 e. The third kappa shape index (κ3) is 4.25. The highest BCUT2D eigenvalue weighted by atomic mass is 16.6. The SMILES string of the molecule is CC(=O)CCc1ccc2oc(C(=O)OCc3ccc([N+](=O)[O-])cc3)c(C)c2c1. The van der Waals surface area contributed by atoms with E-state index in [9.17, 15) is 19.7 Å². The second-order valence-corrected chi connectivity index (χ2v) is 6.59. The van der Waals surface area contributed by atoms with Gasteiger partial charge in [0.2, 0.25) is 5.76 Å². The number of fused-ring (bicyclic) bond motifs is 1. The molecule has 0 amide bonds. The summed E-state index contributed by atoms with van der Waals surface area (Å²) in [4.78, 5) is 33.8. The van der Waals surface area contributed by atoms with Gasteiger partial charge in [-0.25, -0.2) is 4.79 Å². The van der Waals surface area contributed by atoms with Gasteiger partial charge in [0.1, 0.15) is 18.0 Å². The van der Waals surface area contributed by atoms with Gasteiger partial charge in [0.25, 0.3) is 5.69 Å². The van der Waals surface area contributed by atoms with Crippen LogP contribution >= 0.6 is 0 Å². The summed E-state index contributed by atoms with van der Waals surface area (Å²) in [7, 11) is 0. The molecule has 0 aliphatic heterocycles. The van der Waals surface area contributed by atoms with Gasteiger partial charge >= 0.3 is 5.97 Å². The van der Waals surface area contributed by atoms with Crippen molar-refractivity contribution in [3.05, 3.63) is 75.0 Å². The molecule has 0 saturated heterocycles. The number of carbonyl (C=O) groups excluding carboxylic acids is 2. The maximum Gasteiger partial charge on any atom is 0.374 e. The van der Waals surface area contributed by atoms with Crippen LogP contribution in [0.1, 0.15) is 40.6 Å². The van der Waals surface area contributed by atoms with Crippen molar-refractivity contribution in [3.63, 3.8) is 0 Å². The van der Waals surface area contributed by atoms with Crippen molar-refractivity contribution in [2.45, 2.75) is 33.3 Å². The predicted molar refractivity (Wildman–Crippen MR) is 102 cm³/mol. The Bertz CT molecular complexity index is 1050. The molecule has 0 N–H and O–H groups in total. The highest BCUT2D eigenvalue weighted by Gasteiger charge is 2.19. The number of esters is 1. The summed E-state index contributed by atoms with van der Waals surface area (Å²) in [5.41, 5.74) is 2.86. The molecule has 0 atom stereocenters. The van der Waals surface area contributed by atoms with Crippen LogP contribution in [0.5, 0.6) is 0 Å². The Kier molecular flexibility index (Phi) is 5.54. The van der Waals surface area contributed by atoms with E-state index in [0.717, 1.165) is 10.9 Å². The molecular weight excluding hydrogens is 362 g/mol. The zero-order chi connectivity index (χ0) is 20.3. The molecule has 0 aliphatic carbocycles. The fourth-order valence-corrected chi connectivity index (χ4v) is 2.87. The van der Waals surface area contributed by atoms with Crippen LogP contribution in [0.25, 0.3) is 11.0 Å². The average molecular weight is 381 g/mol. The lowest BCUT2D eigenvalue weighted by Crippen LogP contribution is -2.05. The van der Waals surface area contributed by atoms with Gasteiger partial charge in [-0.05, 0) is 55.7 Å². The van der Waals surface area contributed by atoms with Crippen molar-refractivity contribution in [3.8, 4) is 0 Å². The van der Waals surface area contributed by atoms with Gasteiger partial charge in [-0.2, -0.15) is 0 Å². The molecule has 3 rings (SSSR count). The molecule has 1 aromatic heterocycles. The standard InChI is InChI=1S/C21H19NO6/c1-13(23)3-4-15-7-10-19-18(11-15)14(2)20(28-19)21(24)27-12-16-5-8-17(9-6-16)22(25)26/h5-11H,3-4,12H2,1-2H3. The van der Waals surface area contributed by atoms with Crippen molar-refractivity contribution in [1.82, 2.24) is 0 Å². The van der Waals surface area contributed by atoms with Gasteiger partial charge in [0.05, 0.1) is 4.92 Å². The van der Waals surface area contributed by atoms with Crippen LogP contribution in [0.2, 0.25) is 0 Å². The maximum absolute atomic E-state index is 12.4. The van der Waals surface area contributed by atoms with Crippen LogP contribution in [0, 0.1) is 17.0 Å². The van der Waals surface area contributed by atoms with Gasteiger partial charge < -0.3 is 13.9 Å². The average Bonchev–Trinajstić information content (AvgIpc) is 3.01. The van der Waals surface area contributed by atoms with Crippen LogP contribution in [0.4, 0.5) is 5.69 Å². The Morgan fingerprint density at radius 3 is 2.43 bits per heavy atom. The van der Waals surface area contributed by atoms with E-state index in [1.165, 1.54) is 24.3 Å². The number of nitro benzene ring substituents is 1. The van der Waals surface area contributed by atoms with E-state index in [1.807, 2.05) is 12.1 Å². The molecule has 0 radical (unpaired) electrons. The first kappa shape index (κ1) is 19.3. The molecule has 144 valence electrons.